The quantitative estimate of drug-likeness (QED) is 0.339. The van der Waals surface area contributed by atoms with Crippen LogP contribution in [0.15, 0.2) is 24.3 Å². The zero-order valence-corrected chi connectivity index (χ0v) is 18.3. The first-order valence-electron chi connectivity index (χ1n) is 10.3. The first-order chi connectivity index (χ1) is 14.3. The SMILES string of the molecule is CCCCNc1ccccc1C(=O)O[C@H](C)C(=O)c1[nH]c(C)c(C(=O)OCC)c1C. The van der Waals surface area contributed by atoms with Crippen LogP contribution < -0.4 is 5.32 Å². The lowest BCUT2D eigenvalue weighted by Crippen LogP contribution is -2.26. The van der Waals surface area contributed by atoms with Crippen molar-refractivity contribution in [3.63, 3.8) is 0 Å². The maximum atomic E-state index is 12.9. The van der Waals surface area contributed by atoms with Crippen LogP contribution in [0.25, 0.3) is 0 Å². The summed E-state index contributed by atoms with van der Waals surface area (Å²) >= 11 is 0. The van der Waals surface area contributed by atoms with Crippen LogP contribution in [0.5, 0.6) is 0 Å². The molecule has 0 amide bonds. The third kappa shape index (κ3) is 5.28. The van der Waals surface area contributed by atoms with Gasteiger partial charge in [0, 0.05) is 17.9 Å². The summed E-state index contributed by atoms with van der Waals surface area (Å²) in [6, 6.07) is 7.05. The number of H-pyrrole nitrogens is 1. The number of hydrogen-bond donors (Lipinski definition) is 2. The topological polar surface area (TPSA) is 97.5 Å². The highest BCUT2D eigenvalue weighted by molar-refractivity contribution is 6.05. The molecule has 1 aromatic heterocycles. The van der Waals surface area contributed by atoms with Crippen LogP contribution in [0.3, 0.4) is 0 Å². The Bertz CT molecular complexity index is 916. The molecule has 0 aliphatic carbocycles. The lowest BCUT2D eigenvalue weighted by molar-refractivity contribution is 0.0317. The molecule has 1 atom stereocenters. The van der Waals surface area contributed by atoms with Gasteiger partial charge in [-0.3, -0.25) is 4.79 Å². The summed E-state index contributed by atoms with van der Waals surface area (Å²) in [7, 11) is 0. The molecule has 0 fully saturated rings. The molecule has 0 aliphatic rings. The van der Waals surface area contributed by atoms with Crippen molar-refractivity contribution in [2.75, 3.05) is 18.5 Å². The van der Waals surface area contributed by atoms with Crippen LogP contribution in [0, 0.1) is 13.8 Å². The van der Waals surface area contributed by atoms with Gasteiger partial charge in [0.05, 0.1) is 23.4 Å². The van der Waals surface area contributed by atoms with E-state index in [0.717, 1.165) is 19.4 Å². The summed E-state index contributed by atoms with van der Waals surface area (Å²) in [5, 5.41) is 3.23. The molecule has 162 valence electrons. The number of rotatable bonds is 10. The van der Waals surface area contributed by atoms with Gasteiger partial charge in [-0.25, -0.2) is 9.59 Å². The van der Waals surface area contributed by atoms with E-state index in [2.05, 4.69) is 17.2 Å². The zero-order chi connectivity index (χ0) is 22.3. The number of aromatic amines is 1. The van der Waals surface area contributed by atoms with Crippen LogP contribution in [0.1, 0.15) is 76.1 Å². The summed E-state index contributed by atoms with van der Waals surface area (Å²) < 4.78 is 10.5. The molecule has 7 nitrogen and oxygen atoms in total. The number of nitrogens with one attached hydrogen (secondary N) is 2. The number of ketones is 1. The predicted molar refractivity (Wildman–Crippen MR) is 115 cm³/mol. The molecule has 0 spiro atoms. The number of benzene rings is 1. The van der Waals surface area contributed by atoms with Crippen molar-refractivity contribution in [1.29, 1.82) is 0 Å². The second kappa shape index (κ2) is 10.6. The third-order valence-electron chi connectivity index (χ3n) is 4.81. The number of unbranched alkanes of at least 4 members (excludes halogenated alkanes) is 1. The van der Waals surface area contributed by atoms with E-state index >= 15 is 0 Å². The van der Waals surface area contributed by atoms with Crippen molar-refractivity contribution < 1.29 is 23.9 Å². The van der Waals surface area contributed by atoms with Crippen LogP contribution in [-0.2, 0) is 9.47 Å². The highest BCUT2D eigenvalue weighted by Gasteiger charge is 2.28. The van der Waals surface area contributed by atoms with Crippen LogP contribution in [0.2, 0.25) is 0 Å². The number of carbonyl (C=O) groups excluding carboxylic acids is 3. The van der Waals surface area contributed by atoms with Crippen LogP contribution in [-0.4, -0.2) is 42.0 Å². The van der Waals surface area contributed by atoms with Gasteiger partial charge in [-0.2, -0.15) is 0 Å². The fourth-order valence-corrected chi connectivity index (χ4v) is 3.20. The molecule has 0 saturated carbocycles. The average molecular weight is 415 g/mol. The van der Waals surface area contributed by atoms with Crippen molar-refractivity contribution >= 4 is 23.4 Å². The molecular formula is C23H30N2O5. The molecule has 2 rings (SSSR count). The number of esters is 2. The van der Waals surface area contributed by atoms with E-state index in [4.69, 9.17) is 9.47 Å². The summed E-state index contributed by atoms with van der Waals surface area (Å²) in [6.45, 7) is 9.69. The highest BCUT2D eigenvalue weighted by atomic mass is 16.5. The number of carbonyl (C=O) groups is 3. The predicted octanol–water partition coefficient (Wildman–Crippen LogP) is 4.45. The lowest BCUT2D eigenvalue weighted by Gasteiger charge is -2.15. The molecule has 2 N–H and O–H groups in total. The standard InChI is InChI=1S/C23H30N2O5/c1-6-8-13-24-18-12-10-9-11-17(18)22(27)30-16(5)21(26)20-14(3)19(15(4)25-20)23(28)29-7-2/h9-12,16,24-25H,6-8,13H2,1-5H3/t16-/m1/s1. The Morgan fingerprint density at radius 3 is 2.47 bits per heavy atom. The number of ether oxygens (including phenoxy) is 2. The van der Waals surface area contributed by atoms with Gasteiger partial charge >= 0.3 is 11.9 Å². The Morgan fingerprint density at radius 1 is 1.10 bits per heavy atom. The molecule has 0 radical (unpaired) electrons. The average Bonchev–Trinajstić information content (AvgIpc) is 3.02. The molecule has 1 aromatic carbocycles. The van der Waals surface area contributed by atoms with Gasteiger partial charge in [0.1, 0.15) is 0 Å². The largest absolute Gasteiger partial charge is 0.462 e. The number of aromatic nitrogens is 1. The van der Waals surface area contributed by atoms with E-state index in [9.17, 15) is 14.4 Å². The zero-order valence-electron chi connectivity index (χ0n) is 18.3. The summed E-state index contributed by atoms with van der Waals surface area (Å²) in [5.41, 5.74) is 2.65. The van der Waals surface area contributed by atoms with Crippen LogP contribution >= 0.6 is 0 Å². The molecule has 7 heteroatoms. The van der Waals surface area contributed by atoms with Gasteiger partial charge < -0.3 is 19.8 Å². The number of aryl methyl sites for hydroxylation is 1. The van der Waals surface area contributed by atoms with Gasteiger partial charge in [0.15, 0.2) is 6.10 Å². The molecular weight excluding hydrogens is 384 g/mol. The van der Waals surface area contributed by atoms with E-state index in [1.54, 1.807) is 32.9 Å². The number of para-hydroxylation sites is 1. The second-order valence-electron chi connectivity index (χ2n) is 7.08. The van der Waals surface area contributed by atoms with Crippen molar-refractivity contribution in [3.05, 3.63) is 52.3 Å². The number of hydrogen-bond acceptors (Lipinski definition) is 6. The molecule has 0 saturated heterocycles. The van der Waals surface area contributed by atoms with Crippen molar-refractivity contribution in [2.45, 2.75) is 53.6 Å². The Labute approximate surface area is 177 Å². The van der Waals surface area contributed by atoms with E-state index in [1.807, 2.05) is 12.1 Å². The van der Waals surface area contributed by atoms with Gasteiger partial charge in [0.25, 0.3) is 0 Å². The first kappa shape index (κ1) is 23.2. The lowest BCUT2D eigenvalue weighted by atomic mass is 10.1. The minimum Gasteiger partial charge on any atom is -0.462 e. The van der Waals surface area contributed by atoms with Gasteiger partial charge in [0.2, 0.25) is 5.78 Å². The number of Topliss-reactive ketones (excluding diaryl/α,β-unsaturated/α-hetero) is 1. The second-order valence-corrected chi connectivity index (χ2v) is 7.08. The van der Waals surface area contributed by atoms with E-state index in [-0.39, 0.29) is 12.3 Å². The Balaban J connectivity index is 2.16. The maximum Gasteiger partial charge on any atom is 0.340 e. The monoisotopic (exact) mass is 414 g/mol. The van der Waals surface area contributed by atoms with Gasteiger partial charge in [-0.05, 0) is 51.8 Å². The van der Waals surface area contributed by atoms with Gasteiger partial charge in [-0.15, -0.1) is 0 Å². The molecule has 0 aliphatic heterocycles. The Hall–Kier alpha value is -3.09. The van der Waals surface area contributed by atoms with E-state index < -0.39 is 23.8 Å². The minimum absolute atomic E-state index is 0.241. The molecule has 2 aromatic rings. The van der Waals surface area contributed by atoms with Crippen molar-refractivity contribution in [1.82, 2.24) is 4.98 Å². The molecule has 1 heterocycles. The summed E-state index contributed by atoms with van der Waals surface area (Å²) in [4.78, 5) is 40.7. The Kier molecular flexibility index (Phi) is 8.21. The maximum absolute atomic E-state index is 12.9. The fraction of sp³-hybridized carbons (Fsp3) is 0.435. The van der Waals surface area contributed by atoms with Crippen molar-refractivity contribution in [3.8, 4) is 0 Å². The smallest absolute Gasteiger partial charge is 0.340 e. The third-order valence-corrected chi connectivity index (χ3v) is 4.81. The molecule has 30 heavy (non-hydrogen) atoms. The fourth-order valence-electron chi connectivity index (χ4n) is 3.20. The van der Waals surface area contributed by atoms with Gasteiger partial charge in [-0.1, -0.05) is 25.5 Å². The van der Waals surface area contributed by atoms with Crippen molar-refractivity contribution in [2.24, 2.45) is 0 Å². The highest BCUT2D eigenvalue weighted by Crippen LogP contribution is 2.22. The first-order valence-corrected chi connectivity index (χ1v) is 10.3. The molecule has 0 bridgehead atoms. The minimum atomic E-state index is -1.02. The summed E-state index contributed by atoms with van der Waals surface area (Å²) in [5.74, 6) is -1.47. The summed E-state index contributed by atoms with van der Waals surface area (Å²) in [6.07, 6.45) is 0.994. The van der Waals surface area contributed by atoms with E-state index in [0.29, 0.717) is 28.1 Å². The van der Waals surface area contributed by atoms with E-state index in [1.165, 1.54) is 6.92 Å². The van der Waals surface area contributed by atoms with Crippen LogP contribution in [0.4, 0.5) is 5.69 Å². The molecule has 0 unspecified atom stereocenters. The normalized spacial score (nSPS) is 11.6. The Morgan fingerprint density at radius 2 is 1.80 bits per heavy atom. The number of anilines is 1.